The average Bonchev–Trinajstić information content (AvgIpc) is 2.50. The van der Waals surface area contributed by atoms with Crippen molar-refractivity contribution in [3.63, 3.8) is 0 Å². The Morgan fingerprint density at radius 2 is 1.68 bits per heavy atom. The van der Waals surface area contributed by atoms with E-state index in [1.807, 2.05) is 57.2 Å². The number of amides is 1. The maximum Gasteiger partial charge on any atom is 0.234 e. The Morgan fingerprint density at radius 1 is 1.09 bits per heavy atom. The molecule has 2 rings (SSSR count). The highest BCUT2D eigenvalue weighted by atomic mass is 35.5. The van der Waals surface area contributed by atoms with Crippen molar-refractivity contribution in [2.45, 2.75) is 26.2 Å². The molecule has 0 aliphatic carbocycles. The van der Waals surface area contributed by atoms with Gasteiger partial charge in [0.2, 0.25) is 5.91 Å². The predicted molar refractivity (Wildman–Crippen MR) is 90.7 cm³/mol. The van der Waals surface area contributed by atoms with E-state index >= 15 is 0 Å². The molecule has 0 unspecified atom stereocenters. The minimum absolute atomic E-state index is 0.0704. The van der Waals surface area contributed by atoms with E-state index in [1.54, 1.807) is 12.1 Å². The molecule has 1 amide bonds. The number of ether oxygens (including phenoxy) is 1. The summed E-state index contributed by atoms with van der Waals surface area (Å²) in [4.78, 5) is 12.6. The van der Waals surface area contributed by atoms with Crippen LogP contribution in [0.3, 0.4) is 0 Å². The van der Waals surface area contributed by atoms with E-state index in [1.165, 1.54) is 0 Å². The van der Waals surface area contributed by atoms with Crippen LogP contribution in [-0.2, 0) is 10.2 Å². The fourth-order valence-electron chi connectivity index (χ4n) is 2.09. The molecule has 0 atom stereocenters. The molecule has 2 aromatic rings. The van der Waals surface area contributed by atoms with Crippen molar-refractivity contribution in [2.75, 3.05) is 11.9 Å². The molecule has 0 aromatic heterocycles. The van der Waals surface area contributed by atoms with Gasteiger partial charge >= 0.3 is 0 Å². The molecule has 4 heteroatoms. The van der Waals surface area contributed by atoms with E-state index < -0.39 is 5.41 Å². The van der Waals surface area contributed by atoms with Crippen molar-refractivity contribution in [3.05, 3.63) is 59.1 Å². The summed E-state index contributed by atoms with van der Waals surface area (Å²) in [6, 6.07) is 14.7. The van der Waals surface area contributed by atoms with Gasteiger partial charge in [0.1, 0.15) is 5.75 Å². The smallest absolute Gasteiger partial charge is 0.234 e. The Kier molecular flexibility index (Phi) is 5.09. The summed E-state index contributed by atoms with van der Waals surface area (Å²) >= 11 is 5.90. The van der Waals surface area contributed by atoms with Gasteiger partial charge in [0.05, 0.1) is 12.0 Å². The Balaban J connectivity index is 2.11. The zero-order valence-corrected chi connectivity index (χ0v) is 13.8. The van der Waals surface area contributed by atoms with Gasteiger partial charge in [0, 0.05) is 10.7 Å². The van der Waals surface area contributed by atoms with E-state index in [9.17, 15) is 4.79 Å². The molecule has 22 heavy (non-hydrogen) atoms. The number of halogens is 1. The zero-order valence-electron chi connectivity index (χ0n) is 13.0. The van der Waals surface area contributed by atoms with Crippen LogP contribution in [0.5, 0.6) is 5.75 Å². The van der Waals surface area contributed by atoms with Crippen molar-refractivity contribution >= 4 is 23.2 Å². The molecule has 0 spiro atoms. The van der Waals surface area contributed by atoms with Gasteiger partial charge in [0.25, 0.3) is 0 Å². The van der Waals surface area contributed by atoms with E-state index in [-0.39, 0.29) is 5.91 Å². The topological polar surface area (TPSA) is 38.3 Å². The highest BCUT2D eigenvalue weighted by molar-refractivity contribution is 6.30. The van der Waals surface area contributed by atoms with Crippen LogP contribution in [0.25, 0.3) is 0 Å². The Bertz CT molecular complexity index is 633. The molecule has 0 fully saturated rings. The van der Waals surface area contributed by atoms with E-state index in [0.717, 1.165) is 17.0 Å². The second kappa shape index (κ2) is 6.84. The average molecular weight is 318 g/mol. The highest BCUT2D eigenvalue weighted by Crippen LogP contribution is 2.27. The first-order valence-corrected chi connectivity index (χ1v) is 7.61. The van der Waals surface area contributed by atoms with Crippen LogP contribution in [0.15, 0.2) is 48.5 Å². The van der Waals surface area contributed by atoms with Gasteiger partial charge in [-0.2, -0.15) is 0 Å². The number of anilines is 1. The van der Waals surface area contributed by atoms with Gasteiger partial charge in [-0.15, -0.1) is 0 Å². The summed E-state index contributed by atoms with van der Waals surface area (Å²) in [6.07, 6.45) is 0. The Morgan fingerprint density at radius 3 is 2.23 bits per heavy atom. The normalized spacial score (nSPS) is 11.1. The molecular formula is C18H20ClNO2. The lowest BCUT2D eigenvalue weighted by molar-refractivity contribution is -0.120. The summed E-state index contributed by atoms with van der Waals surface area (Å²) in [5.74, 6) is 0.719. The molecule has 0 heterocycles. The van der Waals surface area contributed by atoms with Gasteiger partial charge < -0.3 is 10.1 Å². The third kappa shape index (κ3) is 3.80. The van der Waals surface area contributed by atoms with Gasteiger partial charge in [-0.05, 0) is 62.7 Å². The van der Waals surface area contributed by atoms with E-state index in [4.69, 9.17) is 16.3 Å². The number of nitrogens with one attached hydrogen (secondary N) is 1. The molecule has 0 aliphatic heterocycles. The van der Waals surface area contributed by atoms with Gasteiger partial charge in [-0.3, -0.25) is 4.79 Å². The number of rotatable bonds is 5. The zero-order chi connectivity index (χ0) is 16.2. The molecule has 0 bridgehead atoms. The largest absolute Gasteiger partial charge is 0.494 e. The fraction of sp³-hybridized carbons (Fsp3) is 0.278. The minimum atomic E-state index is -0.650. The van der Waals surface area contributed by atoms with Crippen molar-refractivity contribution < 1.29 is 9.53 Å². The lowest BCUT2D eigenvalue weighted by Gasteiger charge is -2.24. The van der Waals surface area contributed by atoms with E-state index in [0.29, 0.717) is 11.6 Å². The number of carbonyl (C=O) groups is 1. The van der Waals surface area contributed by atoms with Crippen molar-refractivity contribution in [1.82, 2.24) is 0 Å². The Hall–Kier alpha value is -2.00. The molecule has 0 aliphatic rings. The summed E-state index contributed by atoms with van der Waals surface area (Å²) in [6.45, 7) is 6.33. The molecule has 116 valence electrons. The second-order valence-electron chi connectivity index (χ2n) is 5.54. The van der Waals surface area contributed by atoms with Crippen LogP contribution in [0.2, 0.25) is 5.02 Å². The first-order chi connectivity index (χ1) is 10.4. The standard InChI is InChI=1S/C18H20ClNO2/c1-4-22-16-11-9-15(10-12-16)20-17(21)18(2,3)13-5-7-14(19)8-6-13/h5-12H,4H2,1-3H3,(H,20,21). The van der Waals surface area contributed by atoms with Gasteiger partial charge in [-0.1, -0.05) is 23.7 Å². The summed E-state index contributed by atoms with van der Waals surface area (Å²) < 4.78 is 5.39. The van der Waals surface area contributed by atoms with Crippen LogP contribution in [0, 0.1) is 0 Å². The fourth-order valence-corrected chi connectivity index (χ4v) is 2.21. The van der Waals surface area contributed by atoms with Crippen LogP contribution >= 0.6 is 11.6 Å². The minimum Gasteiger partial charge on any atom is -0.494 e. The monoisotopic (exact) mass is 317 g/mol. The maximum absolute atomic E-state index is 12.6. The third-order valence-corrected chi connectivity index (χ3v) is 3.81. The predicted octanol–water partition coefficient (Wildman–Crippen LogP) is 4.66. The van der Waals surface area contributed by atoms with Crippen LogP contribution in [0.4, 0.5) is 5.69 Å². The highest BCUT2D eigenvalue weighted by Gasteiger charge is 2.29. The number of hydrogen-bond donors (Lipinski definition) is 1. The molecular weight excluding hydrogens is 298 g/mol. The number of hydrogen-bond acceptors (Lipinski definition) is 2. The quantitative estimate of drug-likeness (QED) is 0.871. The van der Waals surface area contributed by atoms with Crippen molar-refractivity contribution in [1.29, 1.82) is 0 Å². The first kappa shape index (κ1) is 16.4. The Labute approximate surface area is 136 Å². The molecule has 0 saturated heterocycles. The van der Waals surface area contributed by atoms with Crippen molar-refractivity contribution in [3.8, 4) is 5.75 Å². The van der Waals surface area contributed by atoms with Gasteiger partial charge in [0.15, 0.2) is 0 Å². The van der Waals surface area contributed by atoms with E-state index in [2.05, 4.69) is 5.32 Å². The number of benzene rings is 2. The van der Waals surface area contributed by atoms with Crippen molar-refractivity contribution in [2.24, 2.45) is 0 Å². The lowest BCUT2D eigenvalue weighted by Crippen LogP contribution is -2.34. The molecule has 0 radical (unpaired) electrons. The lowest BCUT2D eigenvalue weighted by atomic mass is 9.83. The van der Waals surface area contributed by atoms with Crippen LogP contribution in [-0.4, -0.2) is 12.5 Å². The molecule has 2 aromatic carbocycles. The van der Waals surface area contributed by atoms with Gasteiger partial charge in [-0.25, -0.2) is 0 Å². The SMILES string of the molecule is CCOc1ccc(NC(=O)C(C)(C)c2ccc(Cl)cc2)cc1. The number of carbonyl (C=O) groups excluding carboxylic acids is 1. The third-order valence-electron chi connectivity index (χ3n) is 3.56. The second-order valence-corrected chi connectivity index (χ2v) is 5.98. The van der Waals surface area contributed by atoms with Crippen LogP contribution < -0.4 is 10.1 Å². The molecule has 3 nitrogen and oxygen atoms in total. The maximum atomic E-state index is 12.6. The summed E-state index contributed by atoms with van der Waals surface area (Å²) in [5, 5.41) is 3.60. The first-order valence-electron chi connectivity index (χ1n) is 7.24. The summed E-state index contributed by atoms with van der Waals surface area (Å²) in [5.41, 5.74) is 1.01. The van der Waals surface area contributed by atoms with Crippen LogP contribution in [0.1, 0.15) is 26.3 Å². The summed E-state index contributed by atoms with van der Waals surface area (Å²) in [7, 11) is 0. The molecule has 0 saturated carbocycles. The molecule has 1 N–H and O–H groups in total.